The number of amides is 1. The Balaban J connectivity index is 1.77. The van der Waals surface area contributed by atoms with Crippen LogP contribution in [-0.4, -0.2) is 43.3 Å². The molecule has 1 unspecified atom stereocenters. The van der Waals surface area contributed by atoms with Crippen molar-refractivity contribution in [2.75, 3.05) is 32.1 Å². The first-order valence-corrected chi connectivity index (χ1v) is 12.2. The molecule has 1 heterocycles. The Hall–Kier alpha value is -3.64. The van der Waals surface area contributed by atoms with Gasteiger partial charge in [0.2, 0.25) is 5.91 Å². The van der Waals surface area contributed by atoms with E-state index in [0.29, 0.717) is 30.4 Å². The van der Waals surface area contributed by atoms with Crippen molar-refractivity contribution >= 4 is 23.0 Å². The zero-order valence-electron chi connectivity index (χ0n) is 20.9. The average molecular weight is 472 g/mol. The summed E-state index contributed by atoms with van der Waals surface area (Å²) in [5.41, 5.74) is 5.21. The van der Waals surface area contributed by atoms with E-state index in [4.69, 9.17) is 14.5 Å². The molecule has 6 heteroatoms. The van der Waals surface area contributed by atoms with E-state index >= 15 is 0 Å². The first-order valence-electron chi connectivity index (χ1n) is 12.2. The van der Waals surface area contributed by atoms with Gasteiger partial charge in [0.05, 0.1) is 24.6 Å². The molecule has 1 amide bonds. The Morgan fingerprint density at radius 1 is 0.943 bits per heavy atom. The Labute approximate surface area is 207 Å². The summed E-state index contributed by atoms with van der Waals surface area (Å²) < 4.78 is 11.6. The second-order valence-corrected chi connectivity index (χ2v) is 8.53. The molecule has 0 radical (unpaired) electrons. The minimum absolute atomic E-state index is 0.111. The quantitative estimate of drug-likeness (QED) is 0.380. The third-order valence-corrected chi connectivity index (χ3v) is 6.07. The van der Waals surface area contributed by atoms with Crippen LogP contribution in [0.25, 0.3) is 0 Å². The van der Waals surface area contributed by atoms with E-state index in [1.807, 2.05) is 68.4 Å². The lowest BCUT2D eigenvalue weighted by atomic mass is 9.90. The van der Waals surface area contributed by atoms with Crippen LogP contribution < -0.4 is 14.8 Å². The molecule has 3 aromatic rings. The second kappa shape index (κ2) is 11.2. The average Bonchev–Trinajstić information content (AvgIpc) is 3.18. The number of aliphatic imine (C=N–C) groups is 1. The maximum atomic E-state index is 13.3. The van der Waals surface area contributed by atoms with Gasteiger partial charge in [-0.3, -0.25) is 9.79 Å². The van der Waals surface area contributed by atoms with Gasteiger partial charge in [-0.2, -0.15) is 0 Å². The number of carbonyl (C=O) groups is 1. The van der Waals surface area contributed by atoms with Gasteiger partial charge in [0.25, 0.3) is 0 Å². The number of ether oxygens (including phenoxy) is 2. The van der Waals surface area contributed by atoms with Gasteiger partial charge in [0, 0.05) is 18.3 Å². The first-order chi connectivity index (χ1) is 17.0. The maximum Gasteiger partial charge on any atom is 0.238 e. The SMILES string of the molecule is CCOc1cc2c(cc1OCC)C(C(=Nc1ccc(CN(C)CC)cc1)c1ccccc1)C(=O)N2. The number of hydrogen-bond acceptors (Lipinski definition) is 5. The molecule has 1 atom stereocenters. The third-order valence-electron chi connectivity index (χ3n) is 6.07. The number of benzene rings is 3. The summed E-state index contributed by atoms with van der Waals surface area (Å²) in [6.45, 7) is 8.89. The lowest BCUT2D eigenvalue weighted by Crippen LogP contribution is -2.22. The van der Waals surface area contributed by atoms with Crippen molar-refractivity contribution in [2.24, 2.45) is 4.99 Å². The maximum absolute atomic E-state index is 13.3. The molecule has 35 heavy (non-hydrogen) atoms. The molecular formula is C29H33N3O3. The highest BCUT2D eigenvalue weighted by atomic mass is 16.5. The van der Waals surface area contributed by atoms with Crippen LogP contribution in [0.15, 0.2) is 71.7 Å². The minimum atomic E-state index is -0.562. The molecule has 0 aliphatic carbocycles. The molecule has 4 rings (SSSR count). The van der Waals surface area contributed by atoms with Crippen LogP contribution in [0, 0.1) is 0 Å². The van der Waals surface area contributed by atoms with Crippen molar-refractivity contribution in [3.05, 3.63) is 83.4 Å². The van der Waals surface area contributed by atoms with Crippen molar-refractivity contribution in [1.82, 2.24) is 4.90 Å². The number of anilines is 1. The predicted molar refractivity (Wildman–Crippen MR) is 141 cm³/mol. The number of nitrogens with zero attached hydrogens (tertiary/aromatic N) is 2. The topological polar surface area (TPSA) is 63.2 Å². The molecular weight excluding hydrogens is 438 g/mol. The Morgan fingerprint density at radius 3 is 2.23 bits per heavy atom. The van der Waals surface area contributed by atoms with E-state index in [-0.39, 0.29) is 5.91 Å². The number of nitrogens with one attached hydrogen (secondary N) is 1. The first kappa shape index (κ1) is 24.5. The number of hydrogen-bond donors (Lipinski definition) is 1. The normalized spacial score (nSPS) is 15.2. The molecule has 1 N–H and O–H groups in total. The molecule has 0 bridgehead atoms. The largest absolute Gasteiger partial charge is 0.490 e. The van der Waals surface area contributed by atoms with Gasteiger partial charge in [0.1, 0.15) is 5.92 Å². The molecule has 0 aromatic heterocycles. The van der Waals surface area contributed by atoms with Crippen molar-refractivity contribution in [3.8, 4) is 11.5 Å². The van der Waals surface area contributed by atoms with E-state index in [9.17, 15) is 4.79 Å². The van der Waals surface area contributed by atoms with Gasteiger partial charge >= 0.3 is 0 Å². The van der Waals surface area contributed by atoms with Crippen LogP contribution in [0.2, 0.25) is 0 Å². The number of rotatable bonds is 10. The second-order valence-electron chi connectivity index (χ2n) is 8.53. The molecule has 1 aliphatic heterocycles. The van der Waals surface area contributed by atoms with E-state index in [2.05, 4.69) is 36.3 Å². The van der Waals surface area contributed by atoms with Crippen LogP contribution in [0.1, 0.15) is 43.4 Å². The Kier molecular flexibility index (Phi) is 7.83. The van der Waals surface area contributed by atoms with Gasteiger partial charge in [-0.05, 0) is 62.3 Å². The Morgan fingerprint density at radius 2 is 1.60 bits per heavy atom. The van der Waals surface area contributed by atoms with Crippen LogP contribution in [0.5, 0.6) is 11.5 Å². The summed E-state index contributed by atoms with van der Waals surface area (Å²) >= 11 is 0. The summed E-state index contributed by atoms with van der Waals surface area (Å²) in [7, 11) is 2.10. The summed E-state index contributed by atoms with van der Waals surface area (Å²) in [6, 6.07) is 21.9. The van der Waals surface area contributed by atoms with Gasteiger partial charge in [-0.1, -0.05) is 49.4 Å². The molecule has 1 aliphatic rings. The van der Waals surface area contributed by atoms with Crippen molar-refractivity contribution in [1.29, 1.82) is 0 Å². The van der Waals surface area contributed by atoms with Crippen molar-refractivity contribution in [2.45, 2.75) is 33.2 Å². The zero-order chi connectivity index (χ0) is 24.8. The molecule has 0 saturated carbocycles. The smallest absolute Gasteiger partial charge is 0.238 e. The molecule has 0 spiro atoms. The highest BCUT2D eigenvalue weighted by molar-refractivity contribution is 6.24. The van der Waals surface area contributed by atoms with E-state index in [0.717, 1.165) is 35.6 Å². The monoisotopic (exact) mass is 471 g/mol. The lowest BCUT2D eigenvalue weighted by molar-refractivity contribution is -0.115. The summed E-state index contributed by atoms with van der Waals surface area (Å²) in [5, 5.41) is 3.03. The summed E-state index contributed by atoms with van der Waals surface area (Å²) in [6.07, 6.45) is 0. The van der Waals surface area contributed by atoms with Crippen LogP contribution in [-0.2, 0) is 11.3 Å². The highest BCUT2D eigenvalue weighted by Gasteiger charge is 2.36. The molecule has 182 valence electrons. The van der Waals surface area contributed by atoms with E-state index < -0.39 is 5.92 Å². The van der Waals surface area contributed by atoms with Crippen LogP contribution in [0.4, 0.5) is 11.4 Å². The molecule has 0 saturated heterocycles. The van der Waals surface area contributed by atoms with Crippen LogP contribution in [0.3, 0.4) is 0 Å². The highest BCUT2D eigenvalue weighted by Crippen LogP contribution is 2.43. The van der Waals surface area contributed by atoms with Gasteiger partial charge in [-0.25, -0.2) is 0 Å². The standard InChI is InChI=1S/C29H33N3O3/c1-5-32(4)19-20-13-15-22(16-14-20)30-28(21-11-9-8-10-12-21)27-23-17-25(34-6-2)26(35-7-3)18-24(23)31-29(27)33/h8-18,27H,5-7,19H2,1-4H3,(H,31,33). The van der Waals surface area contributed by atoms with E-state index in [1.54, 1.807) is 0 Å². The fraction of sp³-hybridized carbons (Fsp3) is 0.310. The lowest BCUT2D eigenvalue weighted by Gasteiger charge is -2.17. The summed E-state index contributed by atoms with van der Waals surface area (Å²) in [5.74, 6) is 0.583. The molecule has 6 nitrogen and oxygen atoms in total. The number of fused-ring (bicyclic) bond motifs is 1. The zero-order valence-corrected chi connectivity index (χ0v) is 20.9. The molecule has 3 aromatic carbocycles. The predicted octanol–water partition coefficient (Wildman–Crippen LogP) is 5.79. The third kappa shape index (κ3) is 5.54. The minimum Gasteiger partial charge on any atom is -0.490 e. The van der Waals surface area contributed by atoms with Gasteiger partial charge in [0.15, 0.2) is 11.5 Å². The fourth-order valence-electron chi connectivity index (χ4n) is 4.22. The van der Waals surface area contributed by atoms with Gasteiger partial charge < -0.3 is 19.7 Å². The van der Waals surface area contributed by atoms with Crippen molar-refractivity contribution in [3.63, 3.8) is 0 Å². The Bertz CT molecular complexity index is 1190. The van der Waals surface area contributed by atoms with Gasteiger partial charge in [-0.15, -0.1) is 0 Å². The number of carbonyl (C=O) groups excluding carboxylic acids is 1. The van der Waals surface area contributed by atoms with Crippen LogP contribution >= 0.6 is 0 Å². The summed E-state index contributed by atoms with van der Waals surface area (Å²) in [4.78, 5) is 20.6. The van der Waals surface area contributed by atoms with Crippen molar-refractivity contribution < 1.29 is 14.3 Å². The fourth-order valence-corrected chi connectivity index (χ4v) is 4.22. The van der Waals surface area contributed by atoms with E-state index in [1.165, 1.54) is 5.56 Å². The molecule has 0 fully saturated rings.